The fourth-order valence-electron chi connectivity index (χ4n) is 1.39. The number of nitrogens with zero attached hydrogens (tertiary/aromatic N) is 1. The minimum Gasteiger partial charge on any atom is -0.381 e. The van der Waals surface area contributed by atoms with Crippen LogP contribution in [-0.4, -0.2) is 37.1 Å². The Morgan fingerprint density at radius 1 is 1.58 bits per heavy atom. The highest BCUT2D eigenvalue weighted by Crippen LogP contribution is 2.15. The Hall–Kier alpha value is -0.280. The van der Waals surface area contributed by atoms with Crippen molar-refractivity contribution in [3.8, 4) is 0 Å². The number of halogens is 1. The van der Waals surface area contributed by atoms with E-state index in [1.165, 1.54) is 0 Å². The van der Waals surface area contributed by atoms with Crippen LogP contribution in [0.15, 0.2) is 0 Å². The number of amides is 1. The van der Waals surface area contributed by atoms with Crippen LogP contribution in [0.5, 0.6) is 0 Å². The Kier molecular flexibility index (Phi) is 3.82. The van der Waals surface area contributed by atoms with E-state index in [1.807, 2.05) is 0 Å². The van der Waals surface area contributed by atoms with Crippen molar-refractivity contribution in [3.05, 3.63) is 0 Å². The summed E-state index contributed by atoms with van der Waals surface area (Å²) in [5.74, 6) is 0.562. The summed E-state index contributed by atoms with van der Waals surface area (Å²) in [5, 5.41) is -0.374. The zero-order chi connectivity index (χ0) is 8.97. The van der Waals surface area contributed by atoms with E-state index in [9.17, 15) is 4.79 Å². The summed E-state index contributed by atoms with van der Waals surface area (Å²) in [5.41, 5.74) is 0. The van der Waals surface area contributed by atoms with Crippen LogP contribution in [0.25, 0.3) is 0 Å². The first-order chi connectivity index (χ1) is 5.70. The lowest BCUT2D eigenvalue weighted by Gasteiger charge is -2.25. The normalized spacial score (nSPS) is 19.2. The van der Waals surface area contributed by atoms with Crippen LogP contribution in [0.3, 0.4) is 0 Å². The van der Waals surface area contributed by atoms with Crippen molar-refractivity contribution >= 4 is 17.0 Å². The lowest BCUT2D eigenvalue weighted by molar-refractivity contribution is 0.0597. The monoisotopic (exact) mass is 191 g/mol. The van der Waals surface area contributed by atoms with Crippen molar-refractivity contribution in [2.24, 2.45) is 5.92 Å². The Labute approximate surface area is 77.6 Å². The molecule has 0 saturated carbocycles. The highest BCUT2D eigenvalue weighted by Gasteiger charge is 2.17. The molecule has 0 atom stereocenters. The zero-order valence-electron chi connectivity index (χ0n) is 7.25. The molecular formula is C8H14ClNO2. The van der Waals surface area contributed by atoms with Gasteiger partial charge in [0.05, 0.1) is 0 Å². The summed E-state index contributed by atoms with van der Waals surface area (Å²) in [4.78, 5) is 12.2. The van der Waals surface area contributed by atoms with Crippen molar-refractivity contribution in [2.45, 2.75) is 12.8 Å². The largest absolute Gasteiger partial charge is 0.381 e. The van der Waals surface area contributed by atoms with Crippen LogP contribution in [0.2, 0.25) is 0 Å². The van der Waals surface area contributed by atoms with Gasteiger partial charge in [0, 0.05) is 26.8 Å². The molecule has 0 aromatic rings. The average molecular weight is 192 g/mol. The molecule has 0 aromatic heterocycles. The van der Waals surface area contributed by atoms with Crippen molar-refractivity contribution in [2.75, 3.05) is 26.8 Å². The average Bonchev–Trinajstić information content (AvgIpc) is 2.06. The lowest BCUT2D eigenvalue weighted by atomic mass is 10.0. The third-order valence-corrected chi connectivity index (χ3v) is 2.46. The van der Waals surface area contributed by atoms with Crippen LogP contribution >= 0.6 is 11.6 Å². The Balaban J connectivity index is 2.24. The number of hydrogen-bond acceptors (Lipinski definition) is 2. The summed E-state index contributed by atoms with van der Waals surface area (Å²) in [6, 6.07) is 0. The highest BCUT2D eigenvalue weighted by molar-refractivity contribution is 6.62. The van der Waals surface area contributed by atoms with Gasteiger partial charge in [-0.05, 0) is 30.4 Å². The first-order valence-corrected chi connectivity index (χ1v) is 4.56. The molecule has 0 bridgehead atoms. The van der Waals surface area contributed by atoms with Gasteiger partial charge in [0.2, 0.25) is 0 Å². The Morgan fingerprint density at radius 3 is 2.67 bits per heavy atom. The molecule has 0 N–H and O–H groups in total. The van der Waals surface area contributed by atoms with Crippen molar-refractivity contribution in [3.63, 3.8) is 0 Å². The molecule has 0 aliphatic carbocycles. The topological polar surface area (TPSA) is 29.5 Å². The minimum absolute atomic E-state index is 0.374. The highest BCUT2D eigenvalue weighted by atomic mass is 35.5. The molecule has 70 valence electrons. The predicted octanol–water partition coefficient (Wildman–Crippen LogP) is 1.70. The molecule has 4 heteroatoms. The minimum atomic E-state index is -0.374. The second kappa shape index (κ2) is 4.67. The molecule has 12 heavy (non-hydrogen) atoms. The summed E-state index contributed by atoms with van der Waals surface area (Å²) in [7, 11) is 1.73. The summed E-state index contributed by atoms with van der Waals surface area (Å²) >= 11 is 5.30. The van der Waals surface area contributed by atoms with E-state index in [0.717, 1.165) is 32.6 Å². The molecule has 3 nitrogen and oxygen atoms in total. The number of carbonyl (C=O) groups is 1. The molecule has 1 amide bonds. The van der Waals surface area contributed by atoms with E-state index in [1.54, 1.807) is 11.9 Å². The van der Waals surface area contributed by atoms with Crippen LogP contribution < -0.4 is 0 Å². The van der Waals surface area contributed by atoms with Gasteiger partial charge in [0.25, 0.3) is 0 Å². The first-order valence-electron chi connectivity index (χ1n) is 4.18. The van der Waals surface area contributed by atoms with Gasteiger partial charge in [-0.15, -0.1) is 0 Å². The summed E-state index contributed by atoms with van der Waals surface area (Å²) < 4.78 is 5.21. The van der Waals surface area contributed by atoms with E-state index in [0.29, 0.717) is 5.92 Å². The molecule has 0 spiro atoms. The number of carbonyl (C=O) groups excluding carboxylic acids is 1. The quantitative estimate of drug-likeness (QED) is 0.491. The Morgan fingerprint density at radius 2 is 2.17 bits per heavy atom. The van der Waals surface area contributed by atoms with Crippen molar-refractivity contribution in [1.29, 1.82) is 0 Å². The van der Waals surface area contributed by atoms with Crippen LogP contribution in [0.4, 0.5) is 4.79 Å². The lowest BCUT2D eigenvalue weighted by Crippen LogP contribution is -2.31. The maximum atomic E-state index is 10.7. The van der Waals surface area contributed by atoms with E-state index in [2.05, 4.69) is 0 Å². The van der Waals surface area contributed by atoms with Gasteiger partial charge in [-0.2, -0.15) is 0 Å². The fourth-order valence-corrected chi connectivity index (χ4v) is 1.46. The molecule has 1 heterocycles. The van der Waals surface area contributed by atoms with Crippen LogP contribution in [0, 0.1) is 5.92 Å². The summed E-state index contributed by atoms with van der Waals surface area (Å²) in [6.07, 6.45) is 2.07. The maximum absolute atomic E-state index is 10.7. The van der Waals surface area contributed by atoms with Gasteiger partial charge in [-0.1, -0.05) is 0 Å². The first kappa shape index (κ1) is 9.81. The molecule has 1 rings (SSSR count). The second-order valence-electron chi connectivity index (χ2n) is 3.19. The van der Waals surface area contributed by atoms with Crippen LogP contribution in [-0.2, 0) is 4.74 Å². The number of hydrogen-bond donors (Lipinski definition) is 0. The molecule has 0 aromatic carbocycles. The SMILES string of the molecule is CN(CC1CCOCC1)C(=O)Cl. The third kappa shape index (κ3) is 2.99. The molecule has 1 aliphatic heterocycles. The smallest absolute Gasteiger partial charge is 0.316 e. The standard InChI is InChI=1S/C8H14ClNO2/c1-10(8(9)11)6-7-2-4-12-5-3-7/h7H,2-6H2,1H3. The van der Waals surface area contributed by atoms with Gasteiger partial charge >= 0.3 is 5.37 Å². The zero-order valence-corrected chi connectivity index (χ0v) is 8.01. The van der Waals surface area contributed by atoms with Gasteiger partial charge in [0.15, 0.2) is 0 Å². The van der Waals surface area contributed by atoms with Crippen molar-refractivity contribution in [1.82, 2.24) is 4.90 Å². The molecule has 0 radical (unpaired) electrons. The van der Waals surface area contributed by atoms with E-state index in [4.69, 9.17) is 16.3 Å². The van der Waals surface area contributed by atoms with Gasteiger partial charge in [0.1, 0.15) is 0 Å². The second-order valence-corrected chi connectivity index (χ2v) is 3.51. The molecular weight excluding hydrogens is 178 g/mol. The predicted molar refractivity (Wildman–Crippen MR) is 47.4 cm³/mol. The maximum Gasteiger partial charge on any atom is 0.316 e. The Bertz CT molecular complexity index is 157. The number of rotatable bonds is 2. The number of ether oxygens (including phenoxy) is 1. The van der Waals surface area contributed by atoms with Gasteiger partial charge < -0.3 is 9.64 Å². The van der Waals surface area contributed by atoms with E-state index in [-0.39, 0.29) is 5.37 Å². The molecule has 1 aliphatic rings. The summed E-state index contributed by atoms with van der Waals surface area (Å²) in [6.45, 7) is 2.38. The van der Waals surface area contributed by atoms with Gasteiger partial charge in [-0.25, -0.2) is 0 Å². The fraction of sp³-hybridized carbons (Fsp3) is 0.875. The van der Waals surface area contributed by atoms with Gasteiger partial charge in [-0.3, -0.25) is 4.79 Å². The third-order valence-electron chi connectivity index (χ3n) is 2.17. The molecule has 0 unspecified atom stereocenters. The van der Waals surface area contributed by atoms with Crippen molar-refractivity contribution < 1.29 is 9.53 Å². The van der Waals surface area contributed by atoms with E-state index < -0.39 is 0 Å². The van der Waals surface area contributed by atoms with Crippen LogP contribution in [0.1, 0.15) is 12.8 Å². The van der Waals surface area contributed by atoms with E-state index >= 15 is 0 Å². The molecule has 1 fully saturated rings. The molecule has 1 saturated heterocycles.